The van der Waals surface area contributed by atoms with Crippen molar-refractivity contribution in [2.45, 2.75) is 25.7 Å². The van der Waals surface area contributed by atoms with Crippen molar-refractivity contribution in [2.75, 3.05) is 7.11 Å². The van der Waals surface area contributed by atoms with Crippen LogP contribution in [0.4, 0.5) is 0 Å². The molecule has 0 heterocycles. The topological polar surface area (TPSA) is 9.23 Å². The molecule has 0 N–H and O–H groups in total. The molecule has 1 aromatic carbocycles. The van der Waals surface area contributed by atoms with Gasteiger partial charge in [0.1, 0.15) is 5.75 Å². The third-order valence-corrected chi connectivity index (χ3v) is 2.86. The molecule has 2 heteroatoms. The number of hydrogen-bond acceptors (Lipinski definition) is 1. The minimum absolute atomic E-state index is 0.706. The highest BCUT2D eigenvalue weighted by Gasteiger charge is 2.26. The van der Waals surface area contributed by atoms with Crippen LogP contribution in [0.15, 0.2) is 12.1 Å². The molecular formula is C11H13ClO. The van der Waals surface area contributed by atoms with Gasteiger partial charge in [-0.1, -0.05) is 17.7 Å². The Morgan fingerprint density at radius 2 is 2.08 bits per heavy atom. The lowest BCUT2D eigenvalue weighted by Crippen LogP contribution is -1.90. The predicted molar refractivity (Wildman–Crippen MR) is 54.7 cm³/mol. The molecule has 1 nitrogen and oxygen atoms in total. The van der Waals surface area contributed by atoms with E-state index in [9.17, 15) is 0 Å². The number of benzene rings is 1. The Morgan fingerprint density at radius 1 is 1.38 bits per heavy atom. The molecule has 0 aliphatic heterocycles. The van der Waals surface area contributed by atoms with Gasteiger partial charge in [-0.15, -0.1) is 0 Å². The molecular weight excluding hydrogens is 184 g/mol. The van der Waals surface area contributed by atoms with Gasteiger partial charge in [0.2, 0.25) is 0 Å². The van der Waals surface area contributed by atoms with Gasteiger partial charge < -0.3 is 4.74 Å². The lowest BCUT2D eigenvalue weighted by atomic mass is 10.1. The van der Waals surface area contributed by atoms with Crippen molar-refractivity contribution in [1.29, 1.82) is 0 Å². The normalized spacial score (nSPS) is 15.9. The lowest BCUT2D eigenvalue weighted by molar-refractivity contribution is 0.411. The Labute approximate surface area is 83.7 Å². The molecule has 0 unspecified atom stereocenters. The Morgan fingerprint density at radius 3 is 2.62 bits per heavy atom. The van der Waals surface area contributed by atoms with Gasteiger partial charge in [-0.3, -0.25) is 0 Å². The maximum atomic E-state index is 6.14. The molecule has 1 fully saturated rings. The zero-order valence-electron chi connectivity index (χ0n) is 7.93. The van der Waals surface area contributed by atoms with E-state index in [-0.39, 0.29) is 0 Å². The molecule has 13 heavy (non-hydrogen) atoms. The summed E-state index contributed by atoms with van der Waals surface area (Å²) in [5, 5.41) is 0.852. The van der Waals surface area contributed by atoms with Crippen LogP contribution in [0, 0.1) is 6.92 Å². The van der Waals surface area contributed by atoms with E-state index in [1.54, 1.807) is 7.11 Å². The summed E-state index contributed by atoms with van der Waals surface area (Å²) in [6.07, 6.45) is 2.57. The van der Waals surface area contributed by atoms with Gasteiger partial charge in [0.15, 0.2) is 0 Å². The van der Waals surface area contributed by atoms with Crippen LogP contribution >= 0.6 is 11.6 Å². The van der Waals surface area contributed by atoms with E-state index >= 15 is 0 Å². The number of methoxy groups -OCH3 is 1. The largest absolute Gasteiger partial charge is 0.496 e. The van der Waals surface area contributed by atoms with Crippen molar-refractivity contribution in [1.82, 2.24) is 0 Å². The van der Waals surface area contributed by atoms with Crippen LogP contribution in [0.5, 0.6) is 5.75 Å². The van der Waals surface area contributed by atoms with E-state index < -0.39 is 0 Å². The van der Waals surface area contributed by atoms with E-state index in [1.807, 2.05) is 6.07 Å². The second-order valence-electron chi connectivity index (χ2n) is 3.62. The molecule has 2 rings (SSSR count). The van der Waals surface area contributed by atoms with Crippen molar-refractivity contribution < 1.29 is 4.74 Å². The zero-order chi connectivity index (χ0) is 9.42. The highest BCUT2D eigenvalue weighted by atomic mass is 35.5. The van der Waals surface area contributed by atoms with Crippen LogP contribution in [0.25, 0.3) is 0 Å². The molecule has 0 atom stereocenters. The summed E-state index contributed by atoms with van der Waals surface area (Å²) in [4.78, 5) is 0. The van der Waals surface area contributed by atoms with E-state index in [2.05, 4.69) is 13.0 Å². The first-order valence-corrected chi connectivity index (χ1v) is 4.94. The molecule has 0 radical (unpaired) electrons. The van der Waals surface area contributed by atoms with E-state index in [0.29, 0.717) is 5.92 Å². The molecule has 0 aromatic heterocycles. The predicted octanol–water partition coefficient (Wildman–Crippen LogP) is 3.53. The zero-order valence-corrected chi connectivity index (χ0v) is 8.69. The molecule has 0 spiro atoms. The van der Waals surface area contributed by atoms with E-state index in [1.165, 1.54) is 24.0 Å². The van der Waals surface area contributed by atoms with Crippen molar-refractivity contribution in [3.63, 3.8) is 0 Å². The van der Waals surface area contributed by atoms with Gasteiger partial charge in [-0.25, -0.2) is 0 Å². The molecule has 1 aromatic rings. The molecule has 1 saturated carbocycles. The lowest BCUT2D eigenvalue weighted by Gasteiger charge is -2.08. The number of ether oxygens (including phenoxy) is 1. The maximum Gasteiger partial charge on any atom is 0.123 e. The van der Waals surface area contributed by atoms with Crippen LogP contribution in [0.3, 0.4) is 0 Å². The summed E-state index contributed by atoms with van der Waals surface area (Å²) in [5.74, 6) is 1.59. The van der Waals surface area contributed by atoms with Crippen LogP contribution in [0.1, 0.15) is 29.9 Å². The number of hydrogen-bond donors (Lipinski definition) is 0. The molecule has 70 valence electrons. The molecule has 0 amide bonds. The first-order valence-electron chi connectivity index (χ1n) is 4.56. The van der Waals surface area contributed by atoms with Gasteiger partial charge in [0.05, 0.1) is 7.11 Å². The summed E-state index contributed by atoms with van der Waals surface area (Å²) in [6, 6.07) is 4.07. The molecule has 1 aliphatic rings. The highest BCUT2D eigenvalue weighted by Crippen LogP contribution is 2.44. The average Bonchev–Trinajstić information content (AvgIpc) is 2.91. The average molecular weight is 197 g/mol. The molecule has 0 saturated heterocycles. The van der Waals surface area contributed by atoms with E-state index in [4.69, 9.17) is 16.3 Å². The van der Waals surface area contributed by atoms with Crippen LogP contribution in [0.2, 0.25) is 5.02 Å². The fourth-order valence-electron chi connectivity index (χ4n) is 1.61. The highest BCUT2D eigenvalue weighted by molar-refractivity contribution is 6.31. The third-order valence-electron chi connectivity index (χ3n) is 2.53. The SMILES string of the molecule is COc1cc(Cl)c(C2CC2)cc1C. The summed E-state index contributed by atoms with van der Waals surface area (Å²) in [5.41, 5.74) is 2.47. The number of aryl methyl sites for hydroxylation is 1. The Hall–Kier alpha value is -0.690. The summed E-state index contributed by atoms with van der Waals surface area (Å²) in [6.45, 7) is 2.06. The van der Waals surface area contributed by atoms with Gasteiger partial charge in [0.25, 0.3) is 0 Å². The fourth-order valence-corrected chi connectivity index (χ4v) is 1.92. The van der Waals surface area contributed by atoms with Gasteiger partial charge in [-0.2, -0.15) is 0 Å². The quantitative estimate of drug-likeness (QED) is 0.703. The fraction of sp³-hybridized carbons (Fsp3) is 0.455. The third kappa shape index (κ3) is 1.66. The Balaban J connectivity index is 2.42. The van der Waals surface area contributed by atoms with Gasteiger partial charge in [0, 0.05) is 5.02 Å². The van der Waals surface area contributed by atoms with Crippen LogP contribution < -0.4 is 4.74 Å². The Kier molecular flexibility index (Phi) is 2.20. The first kappa shape index (κ1) is 8.89. The van der Waals surface area contributed by atoms with E-state index in [0.717, 1.165) is 10.8 Å². The van der Waals surface area contributed by atoms with Crippen molar-refractivity contribution in [2.24, 2.45) is 0 Å². The molecule has 0 bridgehead atoms. The van der Waals surface area contributed by atoms with Crippen LogP contribution in [-0.4, -0.2) is 7.11 Å². The second-order valence-corrected chi connectivity index (χ2v) is 4.02. The second kappa shape index (κ2) is 3.22. The maximum absolute atomic E-state index is 6.14. The smallest absolute Gasteiger partial charge is 0.123 e. The first-order chi connectivity index (χ1) is 6.22. The number of rotatable bonds is 2. The standard InChI is InChI=1S/C11H13ClO/c1-7-5-9(8-3-4-8)10(12)6-11(7)13-2/h5-6,8H,3-4H2,1-2H3. The summed E-state index contributed by atoms with van der Waals surface area (Å²) >= 11 is 6.14. The van der Waals surface area contributed by atoms with Gasteiger partial charge >= 0.3 is 0 Å². The van der Waals surface area contributed by atoms with Crippen molar-refractivity contribution in [3.8, 4) is 5.75 Å². The summed E-state index contributed by atoms with van der Waals surface area (Å²) in [7, 11) is 1.68. The monoisotopic (exact) mass is 196 g/mol. The van der Waals surface area contributed by atoms with Crippen molar-refractivity contribution in [3.05, 3.63) is 28.3 Å². The molecule has 1 aliphatic carbocycles. The van der Waals surface area contributed by atoms with Gasteiger partial charge in [-0.05, 0) is 42.9 Å². The Bertz CT molecular complexity index is 329. The number of halogens is 1. The minimum atomic E-state index is 0.706. The summed E-state index contributed by atoms with van der Waals surface area (Å²) < 4.78 is 5.20. The van der Waals surface area contributed by atoms with Crippen LogP contribution in [-0.2, 0) is 0 Å². The minimum Gasteiger partial charge on any atom is -0.496 e. The van der Waals surface area contributed by atoms with Crippen molar-refractivity contribution >= 4 is 11.6 Å².